The number of nitrogens with one attached hydrogen (secondary N) is 1. The molecule has 0 aromatic carbocycles. The number of hydrogen-bond donors (Lipinski definition) is 1. The van der Waals surface area contributed by atoms with Gasteiger partial charge in [0.2, 0.25) is 5.91 Å². The fraction of sp³-hybridized carbons (Fsp3) is 0.706. The van der Waals surface area contributed by atoms with Gasteiger partial charge in [0.15, 0.2) is 0 Å². The third-order valence-electron chi connectivity index (χ3n) is 4.82. The van der Waals surface area contributed by atoms with Gasteiger partial charge in [-0.05, 0) is 32.4 Å². The highest BCUT2D eigenvalue weighted by Gasteiger charge is 2.25. The SMILES string of the molecule is O=C(Cn1ccc(=O)[nH]c1=O)N1CCCO[C@@H](CN2CCCCC2)C1. The highest BCUT2D eigenvalue weighted by molar-refractivity contribution is 5.76. The first-order chi connectivity index (χ1) is 12.1. The quantitative estimate of drug-likeness (QED) is 0.801. The van der Waals surface area contributed by atoms with Gasteiger partial charge in [-0.3, -0.25) is 19.1 Å². The zero-order valence-corrected chi connectivity index (χ0v) is 14.5. The van der Waals surface area contributed by atoms with E-state index in [0.29, 0.717) is 19.7 Å². The normalized spacial score (nSPS) is 22.6. The Kier molecular flexibility index (Phi) is 6.04. The Morgan fingerprint density at radius 2 is 1.96 bits per heavy atom. The van der Waals surface area contributed by atoms with Crippen molar-refractivity contribution < 1.29 is 9.53 Å². The number of carbonyl (C=O) groups excluding carboxylic acids is 1. The van der Waals surface area contributed by atoms with E-state index in [2.05, 4.69) is 9.88 Å². The summed E-state index contributed by atoms with van der Waals surface area (Å²) in [5, 5.41) is 0. The van der Waals surface area contributed by atoms with Gasteiger partial charge in [-0.15, -0.1) is 0 Å². The highest BCUT2D eigenvalue weighted by Crippen LogP contribution is 2.13. The van der Waals surface area contributed by atoms with Gasteiger partial charge >= 0.3 is 5.69 Å². The lowest BCUT2D eigenvalue weighted by Crippen LogP contribution is -2.45. The van der Waals surface area contributed by atoms with Crippen LogP contribution in [0.15, 0.2) is 21.9 Å². The molecule has 2 saturated heterocycles. The molecule has 1 N–H and O–H groups in total. The van der Waals surface area contributed by atoms with E-state index in [1.54, 1.807) is 4.90 Å². The summed E-state index contributed by atoms with van der Waals surface area (Å²) in [7, 11) is 0. The van der Waals surface area contributed by atoms with Crippen molar-refractivity contribution in [3.63, 3.8) is 0 Å². The van der Waals surface area contributed by atoms with Crippen molar-refractivity contribution in [2.24, 2.45) is 0 Å². The summed E-state index contributed by atoms with van der Waals surface area (Å²) in [5.74, 6) is -0.122. The molecule has 0 saturated carbocycles. The van der Waals surface area contributed by atoms with Crippen LogP contribution in [-0.4, -0.2) is 70.7 Å². The molecule has 2 fully saturated rings. The Labute approximate surface area is 146 Å². The van der Waals surface area contributed by atoms with Gasteiger partial charge < -0.3 is 14.5 Å². The number of hydrogen-bond acceptors (Lipinski definition) is 5. The van der Waals surface area contributed by atoms with Crippen LogP contribution in [-0.2, 0) is 16.1 Å². The Bertz CT molecular complexity index is 692. The molecule has 1 amide bonds. The van der Waals surface area contributed by atoms with Crippen molar-refractivity contribution in [1.29, 1.82) is 0 Å². The van der Waals surface area contributed by atoms with Crippen molar-refractivity contribution in [3.8, 4) is 0 Å². The fourth-order valence-corrected chi connectivity index (χ4v) is 3.48. The molecular formula is C17H26N4O4. The van der Waals surface area contributed by atoms with Crippen LogP contribution in [0.5, 0.6) is 0 Å². The van der Waals surface area contributed by atoms with Crippen LogP contribution in [0.3, 0.4) is 0 Å². The molecular weight excluding hydrogens is 324 g/mol. The van der Waals surface area contributed by atoms with Crippen LogP contribution in [0.4, 0.5) is 0 Å². The fourth-order valence-electron chi connectivity index (χ4n) is 3.48. The number of H-pyrrole nitrogens is 1. The van der Waals surface area contributed by atoms with E-state index in [9.17, 15) is 14.4 Å². The summed E-state index contributed by atoms with van der Waals surface area (Å²) in [6.45, 7) is 4.82. The van der Waals surface area contributed by atoms with E-state index in [1.807, 2.05) is 0 Å². The lowest BCUT2D eigenvalue weighted by atomic mass is 10.1. The monoisotopic (exact) mass is 350 g/mol. The average Bonchev–Trinajstić information content (AvgIpc) is 2.84. The van der Waals surface area contributed by atoms with Gasteiger partial charge in [-0.2, -0.15) is 0 Å². The van der Waals surface area contributed by atoms with Crippen molar-refractivity contribution >= 4 is 5.91 Å². The molecule has 0 spiro atoms. The second kappa shape index (κ2) is 8.44. The second-order valence-electron chi connectivity index (χ2n) is 6.79. The Morgan fingerprint density at radius 1 is 1.16 bits per heavy atom. The standard InChI is InChI=1S/C17H26N4O4/c22-15-5-9-21(17(24)18-15)13-16(23)20-8-4-10-25-14(12-20)11-19-6-2-1-3-7-19/h5,9,14H,1-4,6-8,10-13H2,(H,18,22,24)/t14-/m0/s1. The maximum absolute atomic E-state index is 12.6. The Balaban J connectivity index is 1.60. The Hall–Kier alpha value is -1.93. The molecule has 0 bridgehead atoms. The number of likely N-dealkylation sites (tertiary alicyclic amines) is 1. The van der Waals surface area contributed by atoms with Gasteiger partial charge in [0.05, 0.1) is 6.10 Å². The smallest absolute Gasteiger partial charge is 0.328 e. The van der Waals surface area contributed by atoms with E-state index < -0.39 is 11.2 Å². The number of carbonyl (C=O) groups is 1. The lowest BCUT2D eigenvalue weighted by Gasteiger charge is -2.31. The van der Waals surface area contributed by atoms with Crippen molar-refractivity contribution in [3.05, 3.63) is 33.1 Å². The minimum Gasteiger partial charge on any atom is -0.375 e. The largest absolute Gasteiger partial charge is 0.375 e. The average molecular weight is 350 g/mol. The van der Waals surface area contributed by atoms with Gasteiger partial charge in [0.1, 0.15) is 6.54 Å². The predicted octanol–water partition coefficient (Wildman–Crippen LogP) is -0.360. The van der Waals surface area contributed by atoms with Crippen LogP contribution in [0.1, 0.15) is 25.7 Å². The van der Waals surface area contributed by atoms with E-state index in [-0.39, 0.29) is 18.6 Å². The summed E-state index contributed by atoms with van der Waals surface area (Å²) in [6, 6.07) is 1.25. The zero-order chi connectivity index (χ0) is 17.6. The molecule has 1 aromatic rings. The molecule has 8 nitrogen and oxygen atoms in total. The topological polar surface area (TPSA) is 87.6 Å². The van der Waals surface area contributed by atoms with E-state index in [1.165, 1.54) is 36.1 Å². The van der Waals surface area contributed by atoms with Gasteiger partial charge in [-0.1, -0.05) is 6.42 Å². The summed E-state index contributed by atoms with van der Waals surface area (Å²) in [4.78, 5) is 41.8. The molecule has 138 valence electrons. The van der Waals surface area contributed by atoms with E-state index in [0.717, 1.165) is 26.1 Å². The first-order valence-electron chi connectivity index (χ1n) is 9.03. The first kappa shape index (κ1) is 17.9. The second-order valence-corrected chi connectivity index (χ2v) is 6.79. The van der Waals surface area contributed by atoms with Crippen molar-refractivity contribution in [2.75, 3.05) is 39.3 Å². The molecule has 3 heterocycles. The summed E-state index contributed by atoms with van der Waals surface area (Å²) in [6.07, 6.45) is 5.91. The number of amides is 1. The number of aromatic nitrogens is 2. The van der Waals surface area contributed by atoms with E-state index >= 15 is 0 Å². The molecule has 0 unspecified atom stereocenters. The number of piperidine rings is 1. The summed E-state index contributed by atoms with van der Waals surface area (Å²) in [5.41, 5.74) is -1.02. The Morgan fingerprint density at radius 3 is 2.72 bits per heavy atom. The van der Waals surface area contributed by atoms with Crippen LogP contribution >= 0.6 is 0 Å². The number of nitrogens with zero attached hydrogens (tertiary/aromatic N) is 3. The van der Waals surface area contributed by atoms with Crippen LogP contribution < -0.4 is 11.2 Å². The minimum absolute atomic E-state index is 0.0110. The molecule has 3 rings (SSSR count). The lowest BCUT2D eigenvalue weighted by molar-refractivity contribution is -0.132. The van der Waals surface area contributed by atoms with Crippen molar-refractivity contribution in [1.82, 2.24) is 19.4 Å². The highest BCUT2D eigenvalue weighted by atomic mass is 16.5. The molecule has 25 heavy (non-hydrogen) atoms. The van der Waals surface area contributed by atoms with Crippen LogP contribution in [0, 0.1) is 0 Å². The van der Waals surface area contributed by atoms with Gasteiger partial charge in [0.25, 0.3) is 5.56 Å². The number of rotatable bonds is 4. The summed E-state index contributed by atoms with van der Waals surface area (Å²) >= 11 is 0. The minimum atomic E-state index is -0.559. The molecule has 0 radical (unpaired) electrons. The molecule has 2 aliphatic heterocycles. The third kappa shape index (κ3) is 5.02. The van der Waals surface area contributed by atoms with Crippen LogP contribution in [0.25, 0.3) is 0 Å². The van der Waals surface area contributed by atoms with E-state index in [4.69, 9.17) is 4.74 Å². The molecule has 1 aromatic heterocycles. The summed E-state index contributed by atoms with van der Waals surface area (Å²) < 4.78 is 7.16. The zero-order valence-electron chi connectivity index (χ0n) is 14.5. The van der Waals surface area contributed by atoms with Gasteiger partial charge in [-0.25, -0.2) is 4.79 Å². The van der Waals surface area contributed by atoms with Gasteiger partial charge in [0, 0.05) is 38.5 Å². The molecule has 8 heteroatoms. The maximum atomic E-state index is 12.6. The third-order valence-corrected chi connectivity index (χ3v) is 4.82. The number of aromatic amines is 1. The molecule has 1 atom stereocenters. The molecule has 2 aliphatic rings. The maximum Gasteiger partial charge on any atom is 0.328 e. The van der Waals surface area contributed by atoms with Crippen LogP contribution in [0.2, 0.25) is 0 Å². The number of ether oxygens (including phenoxy) is 1. The predicted molar refractivity (Wildman–Crippen MR) is 92.6 cm³/mol. The molecule has 0 aliphatic carbocycles. The first-order valence-corrected chi connectivity index (χ1v) is 9.03. The van der Waals surface area contributed by atoms with Crippen molar-refractivity contribution in [2.45, 2.75) is 38.3 Å².